The van der Waals surface area contributed by atoms with Crippen LogP contribution in [-0.4, -0.2) is 20.6 Å². The number of carboxylic acids is 1. The minimum absolute atomic E-state index is 0.108. The maximum Gasteiger partial charge on any atom is 0.326 e. The van der Waals surface area contributed by atoms with Crippen molar-refractivity contribution >= 4 is 17.0 Å². The Bertz CT molecular complexity index is 847. The fourth-order valence-electron chi connectivity index (χ4n) is 2.52. The van der Waals surface area contributed by atoms with Crippen LogP contribution in [0.1, 0.15) is 11.1 Å². The number of nitrogens with one attached hydrogen (secondary N) is 1. The fraction of sp³-hybridized carbons (Fsp3) is 0.125. The molecule has 0 amide bonds. The summed E-state index contributed by atoms with van der Waals surface area (Å²) in [5, 5.41) is 9.02. The highest BCUT2D eigenvalue weighted by molar-refractivity contribution is 5.83. The maximum absolute atomic E-state index is 12.1. The summed E-state index contributed by atoms with van der Waals surface area (Å²) in [7, 11) is 0. The van der Waals surface area contributed by atoms with Gasteiger partial charge >= 0.3 is 11.7 Å². The zero-order valence-corrected chi connectivity index (χ0v) is 11.2. The van der Waals surface area contributed by atoms with Gasteiger partial charge in [-0.2, -0.15) is 0 Å². The van der Waals surface area contributed by atoms with Crippen molar-refractivity contribution < 1.29 is 9.90 Å². The molecule has 0 bridgehead atoms. The predicted octanol–water partition coefficient (Wildman–Crippen LogP) is 2.00. The zero-order chi connectivity index (χ0) is 14.8. The minimum Gasteiger partial charge on any atom is -0.481 e. The van der Waals surface area contributed by atoms with Crippen LogP contribution in [0.15, 0.2) is 53.3 Å². The Morgan fingerprint density at radius 1 is 1.10 bits per heavy atom. The molecule has 0 saturated carbocycles. The van der Waals surface area contributed by atoms with Crippen LogP contribution < -0.4 is 5.69 Å². The Balaban J connectivity index is 2.15. The Morgan fingerprint density at radius 2 is 1.86 bits per heavy atom. The van der Waals surface area contributed by atoms with Crippen molar-refractivity contribution in [3.05, 3.63) is 70.1 Å². The van der Waals surface area contributed by atoms with Crippen molar-refractivity contribution in [1.29, 1.82) is 0 Å². The third-order valence-corrected chi connectivity index (χ3v) is 3.40. The first-order valence-electron chi connectivity index (χ1n) is 6.61. The van der Waals surface area contributed by atoms with E-state index in [1.807, 2.05) is 30.3 Å². The van der Waals surface area contributed by atoms with Gasteiger partial charge < -0.3 is 10.1 Å². The summed E-state index contributed by atoms with van der Waals surface area (Å²) >= 11 is 0. The molecule has 0 saturated heterocycles. The number of hydrogen-bond acceptors (Lipinski definition) is 2. The van der Waals surface area contributed by atoms with E-state index in [0.717, 1.165) is 5.56 Å². The van der Waals surface area contributed by atoms with E-state index < -0.39 is 5.97 Å². The maximum atomic E-state index is 12.1. The number of carbonyl (C=O) groups is 1. The Morgan fingerprint density at radius 3 is 2.57 bits per heavy atom. The van der Waals surface area contributed by atoms with Crippen LogP contribution in [0.3, 0.4) is 0 Å². The molecule has 2 aromatic carbocycles. The topological polar surface area (TPSA) is 75.1 Å². The van der Waals surface area contributed by atoms with Crippen molar-refractivity contribution in [2.75, 3.05) is 0 Å². The molecule has 0 atom stereocenters. The van der Waals surface area contributed by atoms with E-state index >= 15 is 0 Å². The monoisotopic (exact) mass is 282 g/mol. The summed E-state index contributed by atoms with van der Waals surface area (Å²) in [5.74, 6) is -0.914. The van der Waals surface area contributed by atoms with Crippen molar-refractivity contribution in [2.24, 2.45) is 0 Å². The molecular formula is C16H14N2O3. The highest BCUT2D eigenvalue weighted by Gasteiger charge is 2.13. The van der Waals surface area contributed by atoms with Gasteiger partial charge in [-0.3, -0.25) is 9.36 Å². The first-order valence-corrected chi connectivity index (χ1v) is 6.61. The molecule has 21 heavy (non-hydrogen) atoms. The Hall–Kier alpha value is -2.82. The number of carboxylic acid groups (broad SMARTS) is 1. The van der Waals surface area contributed by atoms with E-state index in [2.05, 4.69) is 4.98 Å². The summed E-state index contributed by atoms with van der Waals surface area (Å²) in [5.41, 5.74) is 2.72. The van der Waals surface area contributed by atoms with Crippen LogP contribution >= 0.6 is 0 Å². The van der Waals surface area contributed by atoms with Crippen molar-refractivity contribution in [2.45, 2.75) is 13.0 Å². The van der Waals surface area contributed by atoms with Crippen molar-refractivity contribution in [1.82, 2.24) is 9.55 Å². The van der Waals surface area contributed by atoms with Gasteiger partial charge in [-0.1, -0.05) is 42.5 Å². The second-order valence-electron chi connectivity index (χ2n) is 4.89. The summed E-state index contributed by atoms with van der Waals surface area (Å²) in [6.45, 7) is 0.413. The second kappa shape index (κ2) is 5.28. The summed E-state index contributed by atoms with van der Waals surface area (Å²) < 4.78 is 1.59. The standard InChI is InChI=1S/C16H14N2O3/c19-14(20)9-12-7-4-8-13-15(12)18(16(21)17-13)10-11-5-2-1-3-6-11/h1-8H,9-10H2,(H,17,21)(H,19,20). The van der Waals surface area contributed by atoms with E-state index in [4.69, 9.17) is 5.11 Å². The van der Waals surface area contributed by atoms with Gasteiger partial charge in [0.15, 0.2) is 0 Å². The Kier molecular flexibility index (Phi) is 3.31. The molecule has 1 aromatic heterocycles. The number of aromatic amines is 1. The molecule has 0 spiro atoms. The largest absolute Gasteiger partial charge is 0.481 e. The summed E-state index contributed by atoms with van der Waals surface area (Å²) in [6.07, 6.45) is -0.108. The van der Waals surface area contributed by atoms with Crippen molar-refractivity contribution in [3.63, 3.8) is 0 Å². The SMILES string of the molecule is O=C(O)Cc1cccc2[nH]c(=O)n(Cc3ccccc3)c12. The van der Waals surface area contributed by atoms with E-state index in [9.17, 15) is 9.59 Å². The lowest BCUT2D eigenvalue weighted by Gasteiger charge is -2.07. The third kappa shape index (κ3) is 2.58. The molecule has 106 valence electrons. The molecule has 2 N–H and O–H groups in total. The summed E-state index contributed by atoms with van der Waals surface area (Å²) in [4.78, 5) is 25.9. The lowest BCUT2D eigenvalue weighted by molar-refractivity contribution is -0.136. The van der Waals surface area contributed by atoms with Crippen LogP contribution in [0.25, 0.3) is 11.0 Å². The summed E-state index contributed by atoms with van der Waals surface area (Å²) in [6, 6.07) is 14.9. The number of rotatable bonds is 4. The quantitative estimate of drug-likeness (QED) is 0.768. The lowest BCUT2D eigenvalue weighted by Crippen LogP contribution is -2.18. The molecule has 0 radical (unpaired) electrons. The van der Waals surface area contributed by atoms with Gasteiger partial charge in [0.1, 0.15) is 0 Å². The van der Waals surface area contributed by atoms with E-state index in [-0.39, 0.29) is 12.1 Å². The molecule has 3 aromatic rings. The Labute approximate surface area is 120 Å². The number of aromatic nitrogens is 2. The first kappa shape index (κ1) is 13.2. The minimum atomic E-state index is -0.914. The molecule has 5 nitrogen and oxygen atoms in total. The van der Waals surface area contributed by atoms with E-state index in [1.54, 1.807) is 22.8 Å². The first-order chi connectivity index (χ1) is 10.1. The van der Waals surface area contributed by atoms with Crippen LogP contribution in [-0.2, 0) is 17.8 Å². The van der Waals surface area contributed by atoms with Crippen LogP contribution in [0.2, 0.25) is 0 Å². The average Bonchev–Trinajstić information content (AvgIpc) is 2.77. The van der Waals surface area contributed by atoms with Gasteiger partial charge in [0.25, 0.3) is 0 Å². The van der Waals surface area contributed by atoms with E-state index in [0.29, 0.717) is 23.1 Å². The molecule has 0 unspecified atom stereocenters. The van der Waals surface area contributed by atoms with Crippen LogP contribution in [0.4, 0.5) is 0 Å². The molecule has 5 heteroatoms. The number of aliphatic carboxylic acids is 1. The lowest BCUT2D eigenvalue weighted by atomic mass is 10.1. The molecule has 0 aliphatic carbocycles. The number of hydrogen-bond donors (Lipinski definition) is 2. The van der Waals surface area contributed by atoms with Gasteiger partial charge in [0, 0.05) is 0 Å². The number of imidazole rings is 1. The second-order valence-corrected chi connectivity index (χ2v) is 4.89. The molecule has 0 aliphatic rings. The molecule has 0 fully saturated rings. The van der Waals surface area contributed by atoms with Gasteiger partial charge in [-0.25, -0.2) is 4.79 Å². The normalized spacial score (nSPS) is 10.9. The number of fused-ring (bicyclic) bond motifs is 1. The van der Waals surface area contributed by atoms with Gasteiger partial charge in [-0.15, -0.1) is 0 Å². The molecule has 1 heterocycles. The van der Waals surface area contributed by atoms with Gasteiger partial charge in [0.05, 0.1) is 24.0 Å². The van der Waals surface area contributed by atoms with Crippen LogP contribution in [0.5, 0.6) is 0 Å². The molecular weight excluding hydrogens is 268 g/mol. The number of benzene rings is 2. The van der Waals surface area contributed by atoms with E-state index in [1.165, 1.54) is 0 Å². The third-order valence-electron chi connectivity index (χ3n) is 3.40. The highest BCUT2D eigenvalue weighted by atomic mass is 16.4. The fourth-order valence-corrected chi connectivity index (χ4v) is 2.52. The molecule has 0 aliphatic heterocycles. The zero-order valence-electron chi connectivity index (χ0n) is 11.2. The van der Waals surface area contributed by atoms with Crippen LogP contribution in [0, 0.1) is 0 Å². The number of nitrogens with zero attached hydrogens (tertiary/aromatic N) is 1. The van der Waals surface area contributed by atoms with Crippen molar-refractivity contribution in [3.8, 4) is 0 Å². The number of para-hydroxylation sites is 1. The predicted molar refractivity (Wildman–Crippen MR) is 79.4 cm³/mol. The van der Waals surface area contributed by atoms with Gasteiger partial charge in [-0.05, 0) is 17.2 Å². The highest BCUT2D eigenvalue weighted by Crippen LogP contribution is 2.18. The average molecular weight is 282 g/mol. The van der Waals surface area contributed by atoms with Gasteiger partial charge in [0.2, 0.25) is 0 Å². The molecule has 3 rings (SSSR count). The smallest absolute Gasteiger partial charge is 0.326 e. The number of H-pyrrole nitrogens is 1.